The summed E-state index contributed by atoms with van der Waals surface area (Å²) in [6.45, 7) is 6.55. The van der Waals surface area contributed by atoms with Gasteiger partial charge in [0.1, 0.15) is 5.75 Å². The molecule has 2 N–H and O–H groups in total. The van der Waals surface area contributed by atoms with Crippen LogP contribution in [0.3, 0.4) is 0 Å². The van der Waals surface area contributed by atoms with Gasteiger partial charge >= 0.3 is 0 Å². The van der Waals surface area contributed by atoms with E-state index in [0.717, 1.165) is 19.6 Å². The Bertz CT molecular complexity index is 367. The van der Waals surface area contributed by atoms with E-state index in [1.165, 1.54) is 31.4 Å². The van der Waals surface area contributed by atoms with Crippen LogP contribution in [0.15, 0.2) is 24.3 Å². The van der Waals surface area contributed by atoms with Gasteiger partial charge in [-0.1, -0.05) is 19.1 Å². The molecule has 3 nitrogen and oxygen atoms in total. The second-order valence-corrected chi connectivity index (χ2v) is 5.20. The maximum atomic E-state index is 9.48. The summed E-state index contributed by atoms with van der Waals surface area (Å²) < 4.78 is 0. The topological polar surface area (TPSA) is 35.5 Å². The van der Waals surface area contributed by atoms with Crippen molar-refractivity contribution in [1.29, 1.82) is 0 Å². The summed E-state index contributed by atoms with van der Waals surface area (Å²) in [5.41, 5.74) is 1.20. The fraction of sp³-hybridized carbons (Fsp3) is 0.600. The van der Waals surface area contributed by atoms with Gasteiger partial charge in [0.25, 0.3) is 0 Å². The summed E-state index contributed by atoms with van der Waals surface area (Å²) in [6, 6.07) is 8.23. The fourth-order valence-corrected chi connectivity index (χ4v) is 2.63. The summed E-state index contributed by atoms with van der Waals surface area (Å²) in [4.78, 5) is 2.48. The van der Waals surface area contributed by atoms with Crippen molar-refractivity contribution in [1.82, 2.24) is 10.2 Å². The van der Waals surface area contributed by atoms with Crippen LogP contribution in [0.1, 0.15) is 31.7 Å². The molecule has 100 valence electrons. The molecule has 1 saturated heterocycles. The molecule has 1 aliphatic heterocycles. The lowest BCUT2D eigenvalue weighted by atomic mass is 10.0. The average Bonchev–Trinajstić information content (AvgIpc) is 2.37. The minimum atomic E-state index is 0.366. The Labute approximate surface area is 110 Å². The van der Waals surface area contributed by atoms with Crippen molar-refractivity contribution in [3.05, 3.63) is 29.8 Å². The van der Waals surface area contributed by atoms with Crippen LogP contribution in [-0.2, 0) is 6.54 Å². The van der Waals surface area contributed by atoms with E-state index in [1.54, 1.807) is 6.07 Å². The summed E-state index contributed by atoms with van der Waals surface area (Å²) in [6.07, 6.45) is 3.75. The van der Waals surface area contributed by atoms with Gasteiger partial charge in [-0.2, -0.15) is 0 Å². The normalized spacial score (nSPS) is 21.1. The minimum Gasteiger partial charge on any atom is -0.508 e. The van der Waals surface area contributed by atoms with Gasteiger partial charge in [-0.15, -0.1) is 0 Å². The fourth-order valence-electron chi connectivity index (χ4n) is 2.63. The van der Waals surface area contributed by atoms with Gasteiger partial charge in [-0.25, -0.2) is 0 Å². The number of hydrogen-bond acceptors (Lipinski definition) is 3. The second kappa shape index (κ2) is 6.76. The Kier molecular flexibility index (Phi) is 5.02. The van der Waals surface area contributed by atoms with Crippen LogP contribution in [0, 0.1) is 0 Å². The molecule has 0 aromatic heterocycles. The number of phenolic OH excluding ortho intramolecular Hbond substituents is 1. The molecule has 1 heterocycles. The van der Waals surface area contributed by atoms with Crippen LogP contribution in [0.25, 0.3) is 0 Å². The van der Waals surface area contributed by atoms with Crippen molar-refractivity contribution >= 4 is 0 Å². The molecule has 3 heteroatoms. The zero-order valence-corrected chi connectivity index (χ0v) is 11.2. The van der Waals surface area contributed by atoms with Crippen LogP contribution in [0.4, 0.5) is 0 Å². The van der Waals surface area contributed by atoms with Crippen molar-refractivity contribution < 1.29 is 5.11 Å². The lowest BCUT2D eigenvalue weighted by Gasteiger charge is -2.33. The van der Waals surface area contributed by atoms with Crippen LogP contribution in [0.2, 0.25) is 0 Å². The Morgan fingerprint density at radius 1 is 1.44 bits per heavy atom. The SMILES string of the molecule is CCCNC1CCCN(Cc2cccc(O)c2)C1. The van der Waals surface area contributed by atoms with Crippen molar-refractivity contribution in [2.24, 2.45) is 0 Å². The monoisotopic (exact) mass is 248 g/mol. The predicted molar refractivity (Wildman–Crippen MR) is 74.7 cm³/mol. The van der Waals surface area contributed by atoms with Gasteiger partial charge in [0, 0.05) is 19.1 Å². The first-order valence-electron chi connectivity index (χ1n) is 7.01. The molecule has 1 fully saturated rings. The highest BCUT2D eigenvalue weighted by atomic mass is 16.3. The summed E-state index contributed by atoms with van der Waals surface area (Å²) in [5, 5.41) is 13.1. The van der Waals surface area contributed by atoms with Crippen molar-refractivity contribution in [3.8, 4) is 5.75 Å². The molecule has 0 radical (unpaired) electrons. The lowest BCUT2D eigenvalue weighted by molar-refractivity contribution is 0.183. The molecule has 0 spiro atoms. The number of hydrogen-bond donors (Lipinski definition) is 2. The maximum Gasteiger partial charge on any atom is 0.115 e. The number of piperidine rings is 1. The average molecular weight is 248 g/mol. The third-order valence-corrected chi connectivity index (χ3v) is 3.51. The first-order chi connectivity index (χ1) is 8.78. The summed E-state index contributed by atoms with van der Waals surface area (Å²) in [7, 11) is 0. The molecule has 1 aromatic rings. The largest absolute Gasteiger partial charge is 0.508 e. The Balaban J connectivity index is 1.85. The molecule has 2 rings (SSSR count). The van der Waals surface area contributed by atoms with Gasteiger partial charge < -0.3 is 10.4 Å². The number of nitrogens with one attached hydrogen (secondary N) is 1. The van der Waals surface area contributed by atoms with Gasteiger partial charge in [0.2, 0.25) is 0 Å². The first-order valence-corrected chi connectivity index (χ1v) is 7.01. The predicted octanol–water partition coefficient (Wildman–Crippen LogP) is 2.36. The first kappa shape index (κ1) is 13.4. The summed E-state index contributed by atoms with van der Waals surface area (Å²) >= 11 is 0. The van der Waals surface area contributed by atoms with Gasteiger partial charge in [-0.3, -0.25) is 4.90 Å². The number of rotatable bonds is 5. The van der Waals surface area contributed by atoms with E-state index >= 15 is 0 Å². The summed E-state index contributed by atoms with van der Waals surface area (Å²) in [5.74, 6) is 0.366. The quantitative estimate of drug-likeness (QED) is 0.839. The number of benzene rings is 1. The van der Waals surface area contributed by atoms with E-state index in [4.69, 9.17) is 0 Å². The molecule has 18 heavy (non-hydrogen) atoms. The number of phenols is 1. The van der Waals surface area contributed by atoms with E-state index in [9.17, 15) is 5.11 Å². The molecule has 0 saturated carbocycles. The third-order valence-electron chi connectivity index (χ3n) is 3.51. The van der Waals surface area contributed by atoms with Crippen LogP contribution < -0.4 is 5.32 Å². The molecular weight excluding hydrogens is 224 g/mol. The molecule has 0 bridgehead atoms. The molecule has 1 unspecified atom stereocenters. The Morgan fingerprint density at radius 2 is 2.33 bits per heavy atom. The number of likely N-dealkylation sites (tertiary alicyclic amines) is 1. The highest BCUT2D eigenvalue weighted by molar-refractivity contribution is 5.27. The zero-order chi connectivity index (χ0) is 12.8. The van der Waals surface area contributed by atoms with E-state index in [1.807, 2.05) is 12.1 Å². The van der Waals surface area contributed by atoms with Crippen LogP contribution in [0.5, 0.6) is 5.75 Å². The van der Waals surface area contributed by atoms with Gasteiger partial charge in [0.05, 0.1) is 0 Å². The highest BCUT2D eigenvalue weighted by Crippen LogP contribution is 2.16. The standard InChI is InChI=1S/C15H24N2O/c1-2-8-16-14-6-4-9-17(12-14)11-13-5-3-7-15(18)10-13/h3,5,7,10,14,16,18H,2,4,6,8-9,11-12H2,1H3. The Hall–Kier alpha value is -1.06. The van der Waals surface area contributed by atoms with Crippen molar-refractivity contribution in [3.63, 3.8) is 0 Å². The van der Waals surface area contributed by atoms with Crippen molar-refractivity contribution in [2.75, 3.05) is 19.6 Å². The number of nitrogens with zero attached hydrogens (tertiary/aromatic N) is 1. The van der Waals surface area contributed by atoms with Crippen molar-refractivity contribution in [2.45, 2.75) is 38.8 Å². The molecule has 1 atom stereocenters. The molecular formula is C15H24N2O. The smallest absolute Gasteiger partial charge is 0.115 e. The molecule has 0 amide bonds. The molecule has 1 aliphatic rings. The number of aromatic hydroxyl groups is 1. The van der Waals surface area contributed by atoms with E-state index in [0.29, 0.717) is 11.8 Å². The van der Waals surface area contributed by atoms with Gasteiger partial charge in [-0.05, 0) is 50.0 Å². The van der Waals surface area contributed by atoms with Gasteiger partial charge in [0.15, 0.2) is 0 Å². The van der Waals surface area contributed by atoms with Crippen LogP contribution in [-0.4, -0.2) is 35.7 Å². The van der Waals surface area contributed by atoms with E-state index < -0.39 is 0 Å². The minimum absolute atomic E-state index is 0.366. The highest BCUT2D eigenvalue weighted by Gasteiger charge is 2.19. The zero-order valence-electron chi connectivity index (χ0n) is 11.2. The second-order valence-electron chi connectivity index (χ2n) is 5.20. The third kappa shape index (κ3) is 4.00. The van der Waals surface area contributed by atoms with Crippen LogP contribution >= 0.6 is 0 Å². The molecule has 1 aromatic carbocycles. The molecule has 0 aliphatic carbocycles. The van der Waals surface area contributed by atoms with E-state index in [-0.39, 0.29) is 0 Å². The maximum absolute atomic E-state index is 9.48. The lowest BCUT2D eigenvalue weighted by Crippen LogP contribution is -2.45. The Morgan fingerprint density at radius 3 is 3.11 bits per heavy atom. The van der Waals surface area contributed by atoms with E-state index in [2.05, 4.69) is 23.2 Å².